The first-order valence-electron chi connectivity index (χ1n) is 14.2. The third kappa shape index (κ3) is 9.49. The van der Waals surface area contributed by atoms with E-state index in [0.29, 0.717) is 45.3 Å². The Labute approximate surface area is 266 Å². The van der Waals surface area contributed by atoms with E-state index in [9.17, 15) is 27.3 Å². The van der Waals surface area contributed by atoms with Gasteiger partial charge in [-0.25, -0.2) is 14.0 Å². The lowest BCUT2D eigenvalue weighted by atomic mass is 10.0. The van der Waals surface area contributed by atoms with E-state index in [0.717, 1.165) is 12.1 Å². The molecule has 3 aromatic carbocycles. The molecule has 0 aliphatic rings. The summed E-state index contributed by atoms with van der Waals surface area (Å²) in [4.78, 5) is 23.9. The highest BCUT2D eigenvalue weighted by atomic mass is 32.2. The van der Waals surface area contributed by atoms with Gasteiger partial charge < -0.3 is 26.0 Å². The molecule has 10 nitrogen and oxygen atoms in total. The van der Waals surface area contributed by atoms with Crippen LogP contribution in [0.2, 0.25) is 0 Å². The van der Waals surface area contributed by atoms with Gasteiger partial charge in [0.05, 0.1) is 28.3 Å². The van der Waals surface area contributed by atoms with Crippen LogP contribution in [0, 0.1) is 4.78 Å². The monoisotopic (exact) mass is 655 g/mol. The van der Waals surface area contributed by atoms with Gasteiger partial charge in [0.2, 0.25) is 11.9 Å². The van der Waals surface area contributed by atoms with Crippen LogP contribution in [0.15, 0.2) is 77.8 Å². The van der Waals surface area contributed by atoms with Crippen LogP contribution in [0.3, 0.4) is 0 Å². The molecule has 2 unspecified atom stereocenters. The highest BCUT2D eigenvalue weighted by Gasteiger charge is 2.31. The Kier molecular flexibility index (Phi) is 10.7. The minimum atomic E-state index is -4.53. The fraction of sp³-hybridized carbons (Fsp3) is 0.281. The average molecular weight is 656 g/mol. The number of amides is 1. The van der Waals surface area contributed by atoms with Crippen LogP contribution >= 0.6 is 0 Å². The van der Waals surface area contributed by atoms with Crippen molar-refractivity contribution in [2.75, 3.05) is 42.9 Å². The van der Waals surface area contributed by atoms with Crippen molar-refractivity contribution in [3.63, 3.8) is 0 Å². The molecule has 0 aliphatic heterocycles. The molecule has 1 aromatic heterocycles. The summed E-state index contributed by atoms with van der Waals surface area (Å²) >= 11 is 0. The first kappa shape index (κ1) is 34.3. The number of nitrogens with zero attached hydrogens (tertiary/aromatic N) is 3. The fourth-order valence-corrected chi connectivity index (χ4v) is 5.29. The van der Waals surface area contributed by atoms with Gasteiger partial charge in [0.1, 0.15) is 5.82 Å². The SMILES string of the molecule is CC(CO)Nc1nc(Nc2cccc(S(C)(=N)=O)c2)ncc1-c1ccc(NC(=O)Cc2cc(CN(C)C)cc(C(F)(F)F)c2)cc1. The van der Waals surface area contributed by atoms with Crippen molar-refractivity contribution in [2.45, 2.75) is 37.0 Å². The Morgan fingerprint density at radius 3 is 2.37 bits per heavy atom. The number of carbonyl (C=O) groups is 1. The number of aliphatic hydroxyl groups excluding tert-OH is 1. The fourth-order valence-electron chi connectivity index (χ4n) is 4.60. The van der Waals surface area contributed by atoms with Gasteiger partial charge >= 0.3 is 6.18 Å². The van der Waals surface area contributed by atoms with Gasteiger partial charge in [-0.3, -0.25) is 4.79 Å². The van der Waals surface area contributed by atoms with Gasteiger partial charge in [-0.15, -0.1) is 0 Å². The van der Waals surface area contributed by atoms with E-state index in [1.165, 1.54) is 6.26 Å². The first-order valence-corrected chi connectivity index (χ1v) is 16.2. The van der Waals surface area contributed by atoms with Crippen molar-refractivity contribution in [1.29, 1.82) is 4.78 Å². The Morgan fingerprint density at radius 2 is 1.74 bits per heavy atom. The van der Waals surface area contributed by atoms with E-state index in [1.807, 2.05) is 0 Å². The lowest BCUT2D eigenvalue weighted by Crippen LogP contribution is -2.21. The molecule has 0 saturated heterocycles. The maximum Gasteiger partial charge on any atom is 0.416 e. The summed E-state index contributed by atoms with van der Waals surface area (Å²) in [5, 5.41) is 18.6. The molecule has 4 aromatic rings. The Bertz CT molecular complexity index is 1800. The smallest absolute Gasteiger partial charge is 0.394 e. The highest BCUT2D eigenvalue weighted by Crippen LogP contribution is 2.32. The number of aromatic nitrogens is 2. The third-order valence-electron chi connectivity index (χ3n) is 6.71. The number of anilines is 4. The molecule has 46 heavy (non-hydrogen) atoms. The minimum absolute atomic E-state index is 0.157. The van der Waals surface area contributed by atoms with Gasteiger partial charge in [0.25, 0.3) is 0 Å². The zero-order chi connectivity index (χ0) is 33.6. The Morgan fingerprint density at radius 1 is 1.04 bits per heavy atom. The molecule has 0 aliphatic carbocycles. The van der Waals surface area contributed by atoms with Crippen LogP contribution in [-0.2, 0) is 33.7 Å². The molecule has 0 spiro atoms. The van der Waals surface area contributed by atoms with Gasteiger partial charge in [0, 0.05) is 46.9 Å². The van der Waals surface area contributed by atoms with E-state index < -0.39 is 27.4 Å². The number of hydrogen-bond donors (Lipinski definition) is 5. The summed E-state index contributed by atoms with van der Waals surface area (Å²) in [7, 11) is 0.595. The molecular formula is C32H36F3N7O3S. The predicted molar refractivity (Wildman–Crippen MR) is 174 cm³/mol. The largest absolute Gasteiger partial charge is 0.416 e. The molecule has 1 heterocycles. The van der Waals surface area contributed by atoms with E-state index in [2.05, 4.69) is 25.9 Å². The topological polar surface area (TPSA) is 143 Å². The number of alkyl halides is 3. The zero-order valence-corrected chi connectivity index (χ0v) is 26.6. The van der Waals surface area contributed by atoms with E-state index in [4.69, 9.17) is 4.78 Å². The summed E-state index contributed by atoms with van der Waals surface area (Å²) in [6.07, 6.45) is -1.84. The van der Waals surface area contributed by atoms with Gasteiger partial charge in [-0.2, -0.15) is 18.2 Å². The van der Waals surface area contributed by atoms with Crippen molar-refractivity contribution < 1.29 is 27.3 Å². The molecule has 0 radical (unpaired) electrons. The number of hydrogen-bond acceptors (Lipinski definition) is 9. The average Bonchev–Trinajstić information content (AvgIpc) is 2.96. The highest BCUT2D eigenvalue weighted by molar-refractivity contribution is 7.91. The number of benzene rings is 3. The number of carbonyl (C=O) groups excluding carboxylic acids is 1. The van der Waals surface area contributed by atoms with Crippen molar-refractivity contribution in [3.8, 4) is 11.1 Å². The van der Waals surface area contributed by atoms with Gasteiger partial charge in [-0.1, -0.05) is 24.3 Å². The van der Waals surface area contributed by atoms with Crippen molar-refractivity contribution in [3.05, 3.63) is 89.6 Å². The predicted octanol–water partition coefficient (Wildman–Crippen LogP) is 5.98. The lowest BCUT2D eigenvalue weighted by molar-refractivity contribution is -0.137. The van der Waals surface area contributed by atoms with Crippen molar-refractivity contribution in [2.24, 2.45) is 0 Å². The van der Waals surface area contributed by atoms with Crippen molar-refractivity contribution in [1.82, 2.24) is 14.9 Å². The second-order valence-electron chi connectivity index (χ2n) is 11.3. The summed E-state index contributed by atoms with van der Waals surface area (Å²) in [5.74, 6) is 0.187. The molecule has 1 amide bonds. The number of aliphatic hydroxyl groups is 1. The second-order valence-corrected chi connectivity index (χ2v) is 13.4. The normalized spacial score (nSPS) is 13.6. The molecule has 0 fully saturated rings. The number of nitrogens with one attached hydrogen (secondary N) is 4. The second kappa shape index (κ2) is 14.3. The molecule has 5 N–H and O–H groups in total. The maximum atomic E-state index is 13.5. The van der Waals surface area contributed by atoms with Crippen LogP contribution in [0.1, 0.15) is 23.6 Å². The van der Waals surface area contributed by atoms with Crippen LogP contribution in [0.5, 0.6) is 0 Å². The molecular weight excluding hydrogens is 619 g/mol. The molecule has 2 atom stereocenters. The molecule has 244 valence electrons. The molecule has 0 saturated carbocycles. The van der Waals surface area contributed by atoms with Crippen LogP contribution < -0.4 is 16.0 Å². The van der Waals surface area contributed by atoms with Gasteiger partial charge in [-0.05, 0) is 80.2 Å². The van der Waals surface area contributed by atoms with Crippen molar-refractivity contribution >= 4 is 38.8 Å². The molecule has 14 heteroatoms. The Balaban J connectivity index is 1.53. The standard InChI is InChI=1S/C32H36F3N7O3S/c1-20(19-43)38-30-28(17-37-31(41-30)40-26-6-5-7-27(16-26)46(4,36)45)23-8-10-25(11-9-23)39-29(44)15-21-12-22(18-42(2)3)14-24(13-21)32(33,34)35/h5-14,16-17,20,36,43H,15,18-19H2,1-4H3,(H,39,44)(H2,37,38,40,41). The zero-order valence-electron chi connectivity index (χ0n) is 25.8. The minimum Gasteiger partial charge on any atom is -0.394 e. The molecule has 0 bridgehead atoms. The maximum absolute atomic E-state index is 13.5. The van der Waals surface area contributed by atoms with E-state index >= 15 is 0 Å². The Hall–Kier alpha value is -4.53. The van der Waals surface area contributed by atoms with Crippen LogP contribution in [0.25, 0.3) is 11.1 Å². The van der Waals surface area contributed by atoms with Gasteiger partial charge in [0.15, 0.2) is 0 Å². The summed E-state index contributed by atoms with van der Waals surface area (Å²) < 4.78 is 60.4. The molecule has 4 rings (SSSR count). The van der Waals surface area contributed by atoms with Crippen LogP contribution in [0.4, 0.5) is 36.3 Å². The van der Waals surface area contributed by atoms with E-state index in [1.54, 1.807) is 86.7 Å². The third-order valence-corrected chi connectivity index (χ3v) is 7.86. The summed E-state index contributed by atoms with van der Waals surface area (Å²) in [6.45, 7) is 1.92. The quantitative estimate of drug-likeness (QED) is 0.126. The number of rotatable bonds is 12. The first-order chi connectivity index (χ1) is 21.6. The summed E-state index contributed by atoms with van der Waals surface area (Å²) in [6, 6.07) is 16.8. The van der Waals surface area contributed by atoms with Crippen LogP contribution in [-0.4, -0.2) is 63.1 Å². The lowest BCUT2D eigenvalue weighted by Gasteiger charge is -2.17. The summed E-state index contributed by atoms with van der Waals surface area (Å²) in [5.41, 5.74) is 2.23. The van der Waals surface area contributed by atoms with E-state index in [-0.39, 0.29) is 30.6 Å². The number of halogens is 3.